The lowest BCUT2D eigenvalue weighted by Gasteiger charge is -2.12. The fourth-order valence-electron chi connectivity index (χ4n) is 2.26. The molecule has 2 rings (SSSR count). The molecule has 1 atom stereocenters. The van der Waals surface area contributed by atoms with Crippen molar-refractivity contribution in [2.75, 3.05) is 6.54 Å². The topological polar surface area (TPSA) is 62.2 Å². The van der Waals surface area contributed by atoms with E-state index in [0.717, 1.165) is 6.42 Å². The number of aliphatic hydroxyl groups is 1. The van der Waals surface area contributed by atoms with Crippen LogP contribution in [-0.4, -0.2) is 28.6 Å². The largest absolute Gasteiger partial charge is 0.391 e. The number of aliphatic hydroxyl groups excluding tert-OH is 1. The molecule has 0 saturated carbocycles. The molecule has 0 aliphatic carbocycles. The molecule has 5 heteroatoms. The second kappa shape index (κ2) is 6.63. The maximum atomic E-state index is 13.3. The molecular weight excluding hydrogens is 271 g/mol. The van der Waals surface area contributed by atoms with Gasteiger partial charge < -0.3 is 10.4 Å². The van der Waals surface area contributed by atoms with Crippen molar-refractivity contribution in [2.45, 2.75) is 32.8 Å². The lowest BCUT2D eigenvalue weighted by molar-refractivity contribution is 0.0911. The van der Waals surface area contributed by atoms with Crippen LogP contribution in [0.1, 0.15) is 35.8 Å². The molecule has 112 valence electrons. The van der Waals surface area contributed by atoms with Crippen LogP contribution in [0, 0.1) is 12.7 Å². The SMILES string of the molecule is CCCC(O)CNC(=O)c1cc(C)nc2cc(F)ccc12. The molecular formula is C16H19FN2O2. The molecule has 0 bridgehead atoms. The molecule has 0 spiro atoms. The Morgan fingerprint density at radius 2 is 2.19 bits per heavy atom. The van der Waals surface area contributed by atoms with Crippen molar-refractivity contribution >= 4 is 16.8 Å². The van der Waals surface area contributed by atoms with Crippen LogP contribution in [0.2, 0.25) is 0 Å². The highest BCUT2D eigenvalue weighted by Crippen LogP contribution is 2.19. The van der Waals surface area contributed by atoms with Gasteiger partial charge in [0, 0.05) is 23.7 Å². The lowest BCUT2D eigenvalue weighted by atomic mass is 10.1. The van der Waals surface area contributed by atoms with Gasteiger partial charge >= 0.3 is 0 Å². The maximum Gasteiger partial charge on any atom is 0.252 e. The first-order valence-corrected chi connectivity index (χ1v) is 7.04. The smallest absolute Gasteiger partial charge is 0.252 e. The number of hydrogen-bond donors (Lipinski definition) is 2. The number of halogens is 1. The Hall–Kier alpha value is -2.01. The second-order valence-corrected chi connectivity index (χ2v) is 5.13. The fourth-order valence-corrected chi connectivity index (χ4v) is 2.26. The minimum atomic E-state index is -0.550. The van der Waals surface area contributed by atoms with Crippen LogP contribution in [0.5, 0.6) is 0 Å². The number of hydrogen-bond acceptors (Lipinski definition) is 3. The number of benzene rings is 1. The van der Waals surface area contributed by atoms with Gasteiger partial charge in [0.25, 0.3) is 5.91 Å². The quantitative estimate of drug-likeness (QED) is 0.889. The highest BCUT2D eigenvalue weighted by Gasteiger charge is 2.13. The standard InChI is InChI=1S/C16H19FN2O2/c1-3-4-12(20)9-18-16(21)14-7-10(2)19-15-8-11(17)5-6-13(14)15/h5-8,12,20H,3-4,9H2,1-2H3,(H,18,21). The Morgan fingerprint density at radius 1 is 1.43 bits per heavy atom. The third kappa shape index (κ3) is 3.76. The molecule has 1 amide bonds. The number of carbonyl (C=O) groups is 1. The molecule has 0 saturated heterocycles. The van der Waals surface area contributed by atoms with E-state index in [1.165, 1.54) is 12.1 Å². The monoisotopic (exact) mass is 290 g/mol. The number of amides is 1. The van der Waals surface area contributed by atoms with E-state index in [-0.39, 0.29) is 18.3 Å². The van der Waals surface area contributed by atoms with E-state index in [1.807, 2.05) is 6.92 Å². The molecule has 0 fully saturated rings. The Balaban J connectivity index is 2.26. The molecule has 0 aliphatic rings. The van der Waals surface area contributed by atoms with Crippen molar-refractivity contribution in [3.05, 3.63) is 41.3 Å². The van der Waals surface area contributed by atoms with Crippen molar-refractivity contribution in [3.63, 3.8) is 0 Å². The van der Waals surface area contributed by atoms with E-state index >= 15 is 0 Å². The minimum Gasteiger partial charge on any atom is -0.391 e. The normalized spacial score (nSPS) is 12.4. The summed E-state index contributed by atoms with van der Waals surface area (Å²) < 4.78 is 13.3. The summed E-state index contributed by atoms with van der Waals surface area (Å²) in [4.78, 5) is 16.5. The van der Waals surface area contributed by atoms with Crippen molar-refractivity contribution in [1.29, 1.82) is 0 Å². The van der Waals surface area contributed by atoms with Crippen molar-refractivity contribution in [1.82, 2.24) is 10.3 Å². The van der Waals surface area contributed by atoms with Crippen LogP contribution < -0.4 is 5.32 Å². The van der Waals surface area contributed by atoms with Gasteiger partial charge in [0.2, 0.25) is 0 Å². The molecule has 1 unspecified atom stereocenters. The number of rotatable bonds is 5. The molecule has 0 aliphatic heterocycles. The molecule has 2 aromatic rings. The van der Waals surface area contributed by atoms with Gasteiger partial charge in [-0.2, -0.15) is 0 Å². The third-order valence-electron chi connectivity index (χ3n) is 3.26. The highest BCUT2D eigenvalue weighted by atomic mass is 19.1. The lowest BCUT2D eigenvalue weighted by Crippen LogP contribution is -2.32. The van der Waals surface area contributed by atoms with Crippen LogP contribution >= 0.6 is 0 Å². The molecule has 1 heterocycles. The zero-order valence-electron chi connectivity index (χ0n) is 12.2. The number of aromatic nitrogens is 1. The van der Waals surface area contributed by atoms with Gasteiger partial charge in [-0.05, 0) is 31.5 Å². The van der Waals surface area contributed by atoms with E-state index in [2.05, 4.69) is 10.3 Å². The zero-order chi connectivity index (χ0) is 15.4. The predicted molar refractivity (Wildman–Crippen MR) is 79.7 cm³/mol. The summed E-state index contributed by atoms with van der Waals surface area (Å²) in [5, 5.41) is 13.0. The number of nitrogens with one attached hydrogen (secondary N) is 1. The minimum absolute atomic E-state index is 0.205. The summed E-state index contributed by atoms with van der Waals surface area (Å²) in [6.07, 6.45) is 0.945. The Labute approximate surface area is 123 Å². The van der Waals surface area contributed by atoms with E-state index in [0.29, 0.717) is 28.6 Å². The first kappa shape index (κ1) is 15.4. The van der Waals surface area contributed by atoms with Crippen LogP contribution in [0.25, 0.3) is 10.9 Å². The fraction of sp³-hybridized carbons (Fsp3) is 0.375. The summed E-state index contributed by atoms with van der Waals surface area (Å²) in [6.45, 7) is 3.93. The van der Waals surface area contributed by atoms with Gasteiger partial charge in [-0.3, -0.25) is 9.78 Å². The maximum absolute atomic E-state index is 13.3. The predicted octanol–water partition coefficient (Wildman–Crippen LogP) is 2.57. The summed E-state index contributed by atoms with van der Waals surface area (Å²) in [5.41, 5.74) is 1.54. The molecule has 1 aromatic heterocycles. The van der Waals surface area contributed by atoms with Gasteiger partial charge in [-0.25, -0.2) is 4.39 Å². The van der Waals surface area contributed by atoms with Crippen LogP contribution in [0.15, 0.2) is 24.3 Å². The summed E-state index contributed by atoms with van der Waals surface area (Å²) >= 11 is 0. The molecule has 2 N–H and O–H groups in total. The van der Waals surface area contributed by atoms with Gasteiger partial charge in [0.1, 0.15) is 5.82 Å². The number of nitrogens with zero attached hydrogens (tertiary/aromatic N) is 1. The van der Waals surface area contributed by atoms with Gasteiger partial charge in [-0.1, -0.05) is 13.3 Å². The summed E-state index contributed by atoms with van der Waals surface area (Å²) in [6, 6.07) is 5.84. The highest BCUT2D eigenvalue weighted by molar-refractivity contribution is 6.06. The third-order valence-corrected chi connectivity index (χ3v) is 3.26. The van der Waals surface area contributed by atoms with Crippen LogP contribution in [0.3, 0.4) is 0 Å². The van der Waals surface area contributed by atoms with Crippen LogP contribution in [0.4, 0.5) is 4.39 Å². The van der Waals surface area contributed by atoms with E-state index < -0.39 is 6.10 Å². The summed E-state index contributed by atoms with van der Waals surface area (Å²) in [7, 11) is 0. The van der Waals surface area contributed by atoms with Gasteiger partial charge in [0.15, 0.2) is 0 Å². The van der Waals surface area contributed by atoms with Crippen molar-refractivity contribution in [2.24, 2.45) is 0 Å². The Bertz CT molecular complexity index is 653. The van der Waals surface area contributed by atoms with Crippen LogP contribution in [-0.2, 0) is 0 Å². The number of carbonyl (C=O) groups excluding carboxylic acids is 1. The number of aryl methyl sites for hydroxylation is 1. The number of pyridine rings is 1. The molecule has 0 radical (unpaired) electrons. The molecule has 4 nitrogen and oxygen atoms in total. The van der Waals surface area contributed by atoms with E-state index in [1.54, 1.807) is 19.1 Å². The average molecular weight is 290 g/mol. The second-order valence-electron chi connectivity index (χ2n) is 5.13. The molecule has 21 heavy (non-hydrogen) atoms. The average Bonchev–Trinajstić information content (AvgIpc) is 2.43. The first-order valence-electron chi connectivity index (χ1n) is 7.04. The first-order chi connectivity index (χ1) is 10.0. The van der Waals surface area contributed by atoms with E-state index in [4.69, 9.17) is 0 Å². The molecule has 1 aromatic carbocycles. The summed E-state index contributed by atoms with van der Waals surface area (Å²) in [5.74, 6) is -0.669. The van der Waals surface area contributed by atoms with Crippen molar-refractivity contribution in [3.8, 4) is 0 Å². The number of fused-ring (bicyclic) bond motifs is 1. The zero-order valence-corrected chi connectivity index (χ0v) is 12.2. The Morgan fingerprint density at radius 3 is 2.90 bits per heavy atom. The van der Waals surface area contributed by atoms with Gasteiger partial charge in [-0.15, -0.1) is 0 Å². The van der Waals surface area contributed by atoms with Crippen molar-refractivity contribution < 1.29 is 14.3 Å². The van der Waals surface area contributed by atoms with E-state index in [9.17, 15) is 14.3 Å². The Kier molecular flexibility index (Phi) is 4.85. The van der Waals surface area contributed by atoms with Gasteiger partial charge in [0.05, 0.1) is 17.2 Å².